The predicted octanol–water partition coefficient (Wildman–Crippen LogP) is -0.109. The lowest BCUT2D eigenvalue weighted by Crippen LogP contribution is -2.51. The molecule has 104 valence electrons. The van der Waals surface area contributed by atoms with Crippen molar-refractivity contribution in [1.82, 2.24) is 15.5 Å². The maximum absolute atomic E-state index is 11.7. The van der Waals surface area contributed by atoms with Crippen molar-refractivity contribution in [2.24, 2.45) is 11.7 Å². The fourth-order valence-corrected chi connectivity index (χ4v) is 2.31. The fraction of sp³-hybridized carbons (Fsp3) is 0.833. The van der Waals surface area contributed by atoms with E-state index < -0.39 is 6.03 Å². The van der Waals surface area contributed by atoms with Gasteiger partial charge in [0.05, 0.1) is 6.54 Å². The normalized spacial score (nSPS) is 24.6. The van der Waals surface area contributed by atoms with E-state index >= 15 is 0 Å². The molecule has 0 aromatic carbocycles. The second-order valence-electron chi connectivity index (χ2n) is 4.90. The molecule has 1 fully saturated rings. The van der Waals surface area contributed by atoms with Gasteiger partial charge < -0.3 is 11.1 Å². The molecule has 1 saturated heterocycles. The maximum atomic E-state index is 11.7. The second-order valence-corrected chi connectivity index (χ2v) is 4.90. The minimum atomic E-state index is -0.433. The fourth-order valence-electron chi connectivity index (χ4n) is 2.31. The molecule has 1 aliphatic heterocycles. The molecule has 1 aliphatic rings. The molecule has 0 saturated carbocycles. The number of imide groups is 1. The van der Waals surface area contributed by atoms with Gasteiger partial charge in [-0.1, -0.05) is 6.92 Å². The first kappa shape index (κ1) is 14.9. The molecule has 6 heteroatoms. The first-order chi connectivity index (χ1) is 8.56. The number of urea groups is 1. The molecular formula is C12H24N4O2. The summed E-state index contributed by atoms with van der Waals surface area (Å²) >= 11 is 0. The standard InChI is InChI=1S/C12H24N4O2/c1-3-14-12(18)15-11(17)8-16-5-4-9(2)6-10(16)7-13/h9-10H,3-8,13H2,1-2H3,(H2,14,15,17,18). The van der Waals surface area contributed by atoms with Crippen molar-refractivity contribution in [2.75, 3.05) is 26.2 Å². The Balaban J connectivity index is 2.40. The van der Waals surface area contributed by atoms with Crippen molar-refractivity contribution in [3.63, 3.8) is 0 Å². The summed E-state index contributed by atoms with van der Waals surface area (Å²) < 4.78 is 0. The van der Waals surface area contributed by atoms with Crippen molar-refractivity contribution in [2.45, 2.75) is 32.7 Å². The molecule has 0 bridgehead atoms. The van der Waals surface area contributed by atoms with E-state index in [1.165, 1.54) is 0 Å². The third-order valence-corrected chi connectivity index (χ3v) is 3.31. The van der Waals surface area contributed by atoms with Crippen LogP contribution in [-0.2, 0) is 4.79 Å². The highest BCUT2D eigenvalue weighted by Gasteiger charge is 2.26. The monoisotopic (exact) mass is 256 g/mol. The van der Waals surface area contributed by atoms with Crippen LogP contribution >= 0.6 is 0 Å². The molecule has 0 aromatic rings. The van der Waals surface area contributed by atoms with E-state index in [0.29, 0.717) is 19.0 Å². The zero-order valence-corrected chi connectivity index (χ0v) is 11.2. The molecule has 1 heterocycles. The van der Waals surface area contributed by atoms with Crippen molar-refractivity contribution in [3.05, 3.63) is 0 Å². The molecular weight excluding hydrogens is 232 g/mol. The average molecular weight is 256 g/mol. The summed E-state index contributed by atoms with van der Waals surface area (Å²) in [6, 6.07) is -0.189. The number of piperidine rings is 1. The number of likely N-dealkylation sites (tertiary alicyclic amines) is 1. The SMILES string of the molecule is CCNC(=O)NC(=O)CN1CCC(C)CC1CN. The quantitative estimate of drug-likeness (QED) is 0.655. The lowest BCUT2D eigenvalue weighted by atomic mass is 9.92. The van der Waals surface area contributed by atoms with E-state index in [4.69, 9.17) is 5.73 Å². The number of hydrogen-bond donors (Lipinski definition) is 3. The van der Waals surface area contributed by atoms with E-state index in [0.717, 1.165) is 19.4 Å². The first-order valence-corrected chi connectivity index (χ1v) is 6.58. The molecule has 18 heavy (non-hydrogen) atoms. The van der Waals surface area contributed by atoms with Crippen LogP contribution in [0.3, 0.4) is 0 Å². The minimum absolute atomic E-state index is 0.242. The summed E-state index contributed by atoms with van der Waals surface area (Å²) in [6.45, 7) is 6.18. The van der Waals surface area contributed by atoms with Gasteiger partial charge in [-0.05, 0) is 32.2 Å². The largest absolute Gasteiger partial charge is 0.338 e. The van der Waals surface area contributed by atoms with Gasteiger partial charge in [0, 0.05) is 19.1 Å². The van der Waals surface area contributed by atoms with E-state index in [2.05, 4.69) is 22.5 Å². The van der Waals surface area contributed by atoms with E-state index in [1.54, 1.807) is 6.92 Å². The average Bonchev–Trinajstić information content (AvgIpc) is 2.31. The van der Waals surface area contributed by atoms with Gasteiger partial charge in [-0.25, -0.2) is 4.79 Å². The summed E-state index contributed by atoms with van der Waals surface area (Å²) in [5.41, 5.74) is 5.73. The molecule has 0 spiro atoms. The van der Waals surface area contributed by atoms with E-state index in [-0.39, 0.29) is 18.5 Å². The highest BCUT2D eigenvalue weighted by Crippen LogP contribution is 2.21. The van der Waals surface area contributed by atoms with Crippen LogP contribution < -0.4 is 16.4 Å². The van der Waals surface area contributed by atoms with Crippen molar-refractivity contribution < 1.29 is 9.59 Å². The molecule has 0 radical (unpaired) electrons. The van der Waals surface area contributed by atoms with Gasteiger partial charge in [0.2, 0.25) is 5.91 Å². The Morgan fingerprint density at radius 1 is 1.44 bits per heavy atom. The highest BCUT2D eigenvalue weighted by atomic mass is 16.2. The number of rotatable bonds is 4. The second kappa shape index (κ2) is 7.33. The van der Waals surface area contributed by atoms with Crippen LogP contribution in [-0.4, -0.2) is 49.1 Å². The van der Waals surface area contributed by atoms with Crippen molar-refractivity contribution in [1.29, 1.82) is 0 Å². The van der Waals surface area contributed by atoms with Crippen molar-refractivity contribution in [3.8, 4) is 0 Å². The van der Waals surface area contributed by atoms with Gasteiger partial charge in [-0.3, -0.25) is 15.0 Å². The summed E-state index contributed by atoms with van der Waals surface area (Å²) in [5.74, 6) is 0.384. The smallest absolute Gasteiger partial charge is 0.321 e. The van der Waals surface area contributed by atoms with Crippen LogP contribution in [0.1, 0.15) is 26.7 Å². The Morgan fingerprint density at radius 2 is 2.17 bits per heavy atom. The zero-order chi connectivity index (χ0) is 13.5. The molecule has 2 unspecified atom stereocenters. The number of hydrogen-bond acceptors (Lipinski definition) is 4. The predicted molar refractivity (Wildman–Crippen MR) is 70.0 cm³/mol. The van der Waals surface area contributed by atoms with Gasteiger partial charge in [-0.2, -0.15) is 0 Å². The zero-order valence-electron chi connectivity index (χ0n) is 11.2. The molecule has 1 rings (SSSR count). The molecule has 2 atom stereocenters. The summed E-state index contributed by atoms with van der Waals surface area (Å²) in [6.07, 6.45) is 2.09. The summed E-state index contributed by atoms with van der Waals surface area (Å²) in [7, 11) is 0. The molecule has 6 nitrogen and oxygen atoms in total. The number of nitrogens with one attached hydrogen (secondary N) is 2. The summed E-state index contributed by atoms with van der Waals surface area (Å²) in [5, 5.41) is 4.84. The van der Waals surface area contributed by atoms with Crippen LogP contribution in [0.2, 0.25) is 0 Å². The minimum Gasteiger partial charge on any atom is -0.338 e. The van der Waals surface area contributed by atoms with Crippen LogP contribution in [0, 0.1) is 5.92 Å². The van der Waals surface area contributed by atoms with Gasteiger partial charge in [0.15, 0.2) is 0 Å². The number of nitrogens with two attached hydrogens (primary N) is 1. The van der Waals surface area contributed by atoms with Crippen LogP contribution in [0.25, 0.3) is 0 Å². The molecule has 0 aromatic heterocycles. The number of carbonyl (C=O) groups is 2. The Bertz CT molecular complexity index is 296. The van der Waals surface area contributed by atoms with Crippen molar-refractivity contribution >= 4 is 11.9 Å². The Hall–Kier alpha value is -1.14. The van der Waals surface area contributed by atoms with Crippen LogP contribution in [0.15, 0.2) is 0 Å². The topological polar surface area (TPSA) is 87.5 Å². The van der Waals surface area contributed by atoms with Crippen LogP contribution in [0.5, 0.6) is 0 Å². The van der Waals surface area contributed by atoms with Gasteiger partial charge in [-0.15, -0.1) is 0 Å². The summed E-state index contributed by atoms with van der Waals surface area (Å²) in [4.78, 5) is 25.0. The highest BCUT2D eigenvalue weighted by molar-refractivity contribution is 5.95. The number of amides is 3. The Morgan fingerprint density at radius 3 is 2.78 bits per heavy atom. The van der Waals surface area contributed by atoms with Gasteiger partial charge in [0.1, 0.15) is 0 Å². The number of nitrogens with zero attached hydrogens (tertiary/aromatic N) is 1. The lowest BCUT2D eigenvalue weighted by Gasteiger charge is -2.37. The van der Waals surface area contributed by atoms with E-state index in [1.807, 2.05) is 0 Å². The lowest BCUT2D eigenvalue weighted by molar-refractivity contribution is -0.122. The molecule has 0 aliphatic carbocycles. The third-order valence-electron chi connectivity index (χ3n) is 3.31. The number of carbonyl (C=O) groups excluding carboxylic acids is 2. The molecule has 4 N–H and O–H groups in total. The first-order valence-electron chi connectivity index (χ1n) is 6.58. The third kappa shape index (κ3) is 4.62. The maximum Gasteiger partial charge on any atom is 0.321 e. The van der Waals surface area contributed by atoms with Gasteiger partial charge >= 0.3 is 6.03 Å². The molecule has 3 amide bonds. The Labute approximate surface area is 108 Å². The Kier molecular flexibility index (Phi) is 6.07. The van der Waals surface area contributed by atoms with E-state index in [9.17, 15) is 9.59 Å². The van der Waals surface area contributed by atoms with Gasteiger partial charge in [0.25, 0.3) is 0 Å². The van der Waals surface area contributed by atoms with Crippen LogP contribution in [0.4, 0.5) is 4.79 Å².